The molecule has 0 aliphatic carbocycles. The molecular weight excluding hydrogens is 294 g/mol. The number of alkyl halides is 1. The zero-order valence-electron chi connectivity index (χ0n) is 10.1. The van der Waals surface area contributed by atoms with Crippen LogP contribution in [0.15, 0.2) is 16.3 Å². The Labute approximate surface area is 117 Å². The summed E-state index contributed by atoms with van der Waals surface area (Å²) in [6.45, 7) is 3.19. The van der Waals surface area contributed by atoms with Crippen LogP contribution < -0.4 is 0 Å². The molecule has 0 radical (unpaired) electrons. The Morgan fingerprint density at radius 3 is 2.94 bits per heavy atom. The van der Waals surface area contributed by atoms with Gasteiger partial charge in [-0.25, -0.2) is 8.42 Å². The number of sulfonamides is 1. The predicted octanol–water partition coefficient (Wildman–Crippen LogP) is 1.94. The maximum atomic E-state index is 12.5. The fourth-order valence-electron chi connectivity index (χ4n) is 1.88. The zero-order valence-corrected chi connectivity index (χ0v) is 12.5. The molecule has 1 aromatic heterocycles. The summed E-state index contributed by atoms with van der Waals surface area (Å²) in [7, 11) is -3.43. The van der Waals surface area contributed by atoms with E-state index in [0.717, 1.165) is 11.3 Å². The van der Waals surface area contributed by atoms with Gasteiger partial charge in [-0.15, -0.1) is 22.9 Å². The topological polar surface area (TPSA) is 46.6 Å². The van der Waals surface area contributed by atoms with Crippen LogP contribution in [0.4, 0.5) is 0 Å². The molecule has 102 valence electrons. The molecule has 1 fully saturated rings. The van der Waals surface area contributed by atoms with Gasteiger partial charge < -0.3 is 4.74 Å². The van der Waals surface area contributed by atoms with Crippen LogP contribution in [0.1, 0.15) is 11.8 Å². The lowest BCUT2D eigenvalue weighted by Gasteiger charge is -2.32. The quantitative estimate of drug-likeness (QED) is 0.799. The molecule has 0 bridgehead atoms. The van der Waals surface area contributed by atoms with Crippen LogP contribution in [0.2, 0.25) is 0 Å². The third-order valence-corrected chi connectivity index (χ3v) is 6.91. The molecule has 0 saturated carbocycles. The van der Waals surface area contributed by atoms with Crippen molar-refractivity contribution in [2.24, 2.45) is 0 Å². The van der Waals surface area contributed by atoms with E-state index in [1.165, 1.54) is 15.6 Å². The van der Waals surface area contributed by atoms with Crippen LogP contribution in [-0.2, 0) is 21.2 Å². The van der Waals surface area contributed by atoms with Crippen LogP contribution in [0.5, 0.6) is 0 Å². The number of nitrogens with zero attached hydrogens (tertiary/aromatic N) is 1. The van der Waals surface area contributed by atoms with E-state index in [-0.39, 0.29) is 11.9 Å². The summed E-state index contributed by atoms with van der Waals surface area (Å²) >= 11 is 7.15. The minimum Gasteiger partial charge on any atom is -0.378 e. The molecule has 1 unspecified atom stereocenters. The molecule has 1 aliphatic rings. The Kier molecular flexibility index (Phi) is 4.66. The molecule has 1 aromatic rings. The molecule has 0 aromatic carbocycles. The van der Waals surface area contributed by atoms with Crippen molar-refractivity contribution >= 4 is 33.0 Å². The number of halogens is 1. The van der Waals surface area contributed by atoms with E-state index in [4.69, 9.17) is 16.3 Å². The van der Waals surface area contributed by atoms with E-state index in [1.54, 1.807) is 6.07 Å². The minimum atomic E-state index is -3.43. The number of hydrogen-bond donors (Lipinski definition) is 0. The summed E-state index contributed by atoms with van der Waals surface area (Å²) < 4.78 is 32.2. The van der Waals surface area contributed by atoms with Crippen LogP contribution in [0.25, 0.3) is 0 Å². The molecule has 4 nitrogen and oxygen atoms in total. The maximum Gasteiger partial charge on any atom is 0.253 e. The first-order chi connectivity index (χ1) is 8.59. The summed E-state index contributed by atoms with van der Waals surface area (Å²) in [5, 5.41) is 0. The molecule has 0 N–H and O–H groups in total. The van der Waals surface area contributed by atoms with Crippen molar-refractivity contribution in [3.63, 3.8) is 0 Å². The Morgan fingerprint density at radius 1 is 1.56 bits per heavy atom. The molecule has 2 heterocycles. The maximum absolute atomic E-state index is 12.5. The van der Waals surface area contributed by atoms with Gasteiger partial charge in [0, 0.05) is 17.3 Å². The molecule has 7 heteroatoms. The Balaban J connectivity index is 2.28. The molecular formula is C11H16ClNO3S2. The van der Waals surface area contributed by atoms with Crippen molar-refractivity contribution in [3.8, 4) is 0 Å². The second-order valence-electron chi connectivity index (χ2n) is 4.07. The number of rotatable bonds is 4. The highest BCUT2D eigenvalue weighted by molar-refractivity contribution is 7.91. The summed E-state index contributed by atoms with van der Waals surface area (Å²) in [4.78, 5) is 1.07. The number of hydrogen-bond acceptors (Lipinski definition) is 4. The first-order valence-electron chi connectivity index (χ1n) is 5.84. The molecule has 0 spiro atoms. The van der Waals surface area contributed by atoms with Crippen LogP contribution in [0, 0.1) is 0 Å². The largest absolute Gasteiger partial charge is 0.378 e. The summed E-state index contributed by atoms with van der Waals surface area (Å²) in [5.41, 5.74) is 0. The summed E-state index contributed by atoms with van der Waals surface area (Å²) in [5.74, 6) is 0.255. The highest BCUT2D eigenvalue weighted by Gasteiger charge is 2.34. The Hall–Kier alpha value is -0.140. The smallest absolute Gasteiger partial charge is 0.253 e. The predicted molar refractivity (Wildman–Crippen MR) is 72.9 cm³/mol. The molecule has 1 aliphatic heterocycles. The highest BCUT2D eigenvalue weighted by atomic mass is 35.5. The van der Waals surface area contributed by atoms with Gasteiger partial charge in [-0.1, -0.05) is 6.92 Å². The molecule has 0 amide bonds. The van der Waals surface area contributed by atoms with E-state index >= 15 is 0 Å². The second-order valence-corrected chi connectivity index (χ2v) is 7.67. The first kappa shape index (κ1) is 14.3. The molecule has 1 atom stereocenters. The van der Waals surface area contributed by atoms with Crippen molar-refractivity contribution in [1.29, 1.82) is 0 Å². The van der Waals surface area contributed by atoms with Gasteiger partial charge in [0.15, 0.2) is 0 Å². The standard InChI is InChI=1S/C11H16ClNO3S2/c1-2-10-3-4-11(17-10)18(14,15)13-5-6-16-8-9(13)7-12/h3-4,9H,2,5-8H2,1H3. The SMILES string of the molecule is CCc1ccc(S(=O)(=O)N2CCOCC2CCl)s1. The van der Waals surface area contributed by atoms with Crippen molar-refractivity contribution in [3.05, 3.63) is 17.0 Å². The lowest BCUT2D eigenvalue weighted by molar-refractivity contribution is 0.0405. The van der Waals surface area contributed by atoms with Gasteiger partial charge in [0.05, 0.1) is 19.3 Å². The van der Waals surface area contributed by atoms with E-state index in [9.17, 15) is 8.42 Å². The van der Waals surface area contributed by atoms with Gasteiger partial charge in [0.25, 0.3) is 10.0 Å². The van der Waals surface area contributed by atoms with Crippen LogP contribution >= 0.6 is 22.9 Å². The van der Waals surface area contributed by atoms with Crippen LogP contribution in [0.3, 0.4) is 0 Å². The Morgan fingerprint density at radius 2 is 2.33 bits per heavy atom. The zero-order chi connectivity index (χ0) is 13.2. The summed E-state index contributed by atoms with van der Waals surface area (Å²) in [6.07, 6.45) is 0.849. The summed E-state index contributed by atoms with van der Waals surface area (Å²) in [6, 6.07) is 3.28. The highest BCUT2D eigenvalue weighted by Crippen LogP contribution is 2.27. The monoisotopic (exact) mass is 309 g/mol. The fourth-order valence-corrected chi connectivity index (χ4v) is 5.24. The minimum absolute atomic E-state index is 0.255. The van der Waals surface area contributed by atoms with Crippen molar-refractivity contribution < 1.29 is 13.2 Å². The van der Waals surface area contributed by atoms with Gasteiger partial charge in [-0.3, -0.25) is 0 Å². The van der Waals surface area contributed by atoms with Gasteiger partial charge in [0.2, 0.25) is 0 Å². The molecule has 1 saturated heterocycles. The van der Waals surface area contributed by atoms with E-state index in [2.05, 4.69) is 0 Å². The van der Waals surface area contributed by atoms with E-state index < -0.39 is 10.0 Å². The van der Waals surface area contributed by atoms with Crippen molar-refractivity contribution in [1.82, 2.24) is 4.31 Å². The van der Waals surface area contributed by atoms with Gasteiger partial charge >= 0.3 is 0 Å². The van der Waals surface area contributed by atoms with Crippen molar-refractivity contribution in [2.45, 2.75) is 23.6 Å². The Bertz CT molecular complexity index is 500. The van der Waals surface area contributed by atoms with Gasteiger partial charge in [0.1, 0.15) is 4.21 Å². The lowest BCUT2D eigenvalue weighted by atomic mass is 10.3. The van der Waals surface area contributed by atoms with Crippen molar-refractivity contribution in [2.75, 3.05) is 25.6 Å². The molecule has 2 rings (SSSR count). The molecule has 18 heavy (non-hydrogen) atoms. The first-order valence-corrected chi connectivity index (χ1v) is 8.63. The fraction of sp³-hybridized carbons (Fsp3) is 0.636. The number of aryl methyl sites for hydroxylation is 1. The third-order valence-electron chi connectivity index (χ3n) is 2.90. The normalized spacial score (nSPS) is 22.2. The van der Waals surface area contributed by atoms with E-state index in [0.29, 0.717) is 24.0 Å². The third kappa shape index (κ3) is 2.72. The average Bonchev–Trinajstić information content (AvgIpc) is 2.88. The average molecular weight is 310 g/mol. The van der Waals surface area contributed by atoms with Gasteiger partial charge in [-0.2, -0.15) is 4.31 Å². The number of thiophene rings is 1. The van der Waals surface area contributed by atoms with Gasteiger partial charge in [-0.05, 0) is 18.6 Å². The number of morpholine rings is 1. The number of ether oxygens (including phenoxy) is 1. The lowest BCUT2D eigenvalue weighted by Crippen LogP contribution is -2.49. The van der Waals surface area contributed by atoms with Crippen LogP contribution in [-0.4, -0.2) is 44.4 Å². The second kappa shape index (κ2) is 5.88. The van der Waals surface area contributed by atoms with E-state index in [1.807, 2.05) is 13.0 Å².